The van der Waals surface area contributed by atoms with Crippen molar-refractivity contribution in [2.45, 2.75) is 32.2 Å². The van der Waals surface area contributed by atoms with E-state index in [1.165, 1.54) is 22.7 Å². The normalized spacial score (nSPS) is 16.3. The molecule has 1 aromatic carbocycles. The lowest BCUT2D eigenvalue weighted by molar-refractivity contribution is 0.0740. The Morgan fingerprint density at radius 2 is 2.13 bits per heavy atom. The van der Waals surface area contributed by atoms with Crippen LogP contribution in [-0.2, 0) is 11.2 Å². The molecule has 3 heterocycles. The van der Waals surface area contributed by atoms with E-state index in [1.54, 1.807) is 12.6 Å². The molecule has 1 aliphatic heterocycles. The third-order valence-electron chi connectivity index (χ3n) is 5.51. The molecule has 158 valence electrons. The summed E-state index contributed by atoms with van der Waals surface area (Å²) in [6, 6.07) is 8.20. The highest BCUT2D eigenvalue weighted by Crippen LogP contribution is 2.35. The molecule has 4 rings (SSSR count). The molecule has 0 saturated carbocycles. The number of amides is 2. The molecule has 2 aromatic heterocycles. The molecule has 2 amide bonds. The van der Waals surface area contributed by atoms with Crippen LogP contribution in [0.25, 0.3) is 10.1 Å². The van der Waals surface area contributed by atoms with Gasteiger partial charge < -0.3 is 15.0 Å². The average molecular weight is 444 g/mol. The maximum Gasteiger partial charge on any atom is 0.266 e. The fraction of sp³-hybridized carbons (Fsp3) is 0.409. The first-order chi connectivity index (χ1) is 14.6. The van der Waals surface area contributed by atoms with Gasteiger partial charge in [0.05, 0.1) is 22.7 Å². The molecule has 3 aromatic rings. The average Bonchev–Trinajstić information content (AvgIpc) is 3.47. The van der Waals surface area contributed by atoms with Crippen LogP contribution in [0.4, 0.5) is 0 Å². The van der Waals surface area contributed by atoms with Crippen LogP contribution >= 0.6 is 22.7 Å². The van der Waals surface area contributed by atoms with E-state index in [0.717, 1.165) is 50.5 Å². The molecule has 1 fully saturated rings. The van der Waals surface area contributed by atoms with Crippen LogP contribution in [-0.4, -0.2) is 54.5 Å². The first-order valence-corrected chi connectivity index (χ1v) is 11.8. The zero-order valence-corrected chi connectivity index (χ0v) is 18.8. The predicted molar refractivity (Wildman–Crippen MR) is 121 cm³/mol. The van der Waals surface area contributed by atoms with Gasteiger partial charge in [0.25, 0.3) is 11.8 Å². The third-order valence-corrected chi connectivity index (χ3v) is 7.64. The number of carbonyl (C=O) groups is 2. The summed E-state index contributed by atoms with van der Waals surface area (Å²) < 4.78 is 6.15. The number of hydrogen-bond donors (Lipinski definition) is 1. The number of benzene rings is 1. The Morgan fingerprint density at radius 1 is 1.30 bits per heavy atom. The summed E-state index contributed by atoms with van der Waals surface area (Å²) in [5, 5.41) is 4.05. The molecule has 0 spiro atoms. The summed E-state index contributed by atoms with van der Waals surface area (Å²) in [4.78, 5) is 33.7. The van der Waals surface area contributed by atoms with Crippen LogP contribution in [0.1, 0.15) is 43.4 Å². The lowest BCUT2D eigenvalue weighted by Crippen LogP contribution is -2.37. The molecule has 0 unspecified atom stereocenters. The van der Waals surface area contributed by atoms with Gasteiger partial charge in [-0.25, -0.2) is 4.98 Å². The summed E-state index contributed by atoms with van der Waals surface area (Å²) in [5.41, 5.74) is 3.55. The van der Waals surface area contributed by atoms with Crippen LogP contribution in [0.2, 0.25) is 0 Å². The zero-order chi connectivity index (χ0) is 21.1. The van der Waals surface area contributed by atoms with E-state index in [1.807, 2.05) is 30.0 Å². The first-order valence-electron chi connectivity index (χ1n) is 10.1. The Hall–Kier alpha value is -2.29. The molecule has 1 atom stereocenters. The quantitative estimate of drug-likeness (QED) is 0.563. The number of aromatic nitrogens is 1. The SMILES string of the molecule is COCCNC(=O)c1sc2ccccc2c1C[C@@H]1CCCN1C(=O)c1scnc1C. The monoisotopic (exact) mass is 443 g/mol. The van der Waals surface area contributed by atoms with Gasteiger partial charge in [-0.3, -0.25) is 9.59 Å². The van der Waals surface area contributed by atoms with Crippen molar-refractivity contribution in [3.05, 3.63) is 50.8 Å². The van der Waals surface area contributed by atoms with Gasteiger partial charge in [0.1, 0.15) is 4.88 Å². The molecule has 0 radical (unpaired) electrons. The van der Waals surface area contributed by atoms with Gasteiger partial charge in [-0.1, -0.05) is 18.2 Å². The molecule has 30 heavy (non-hydrogen) atoms. The van der Waals surface area contributed by atoms with Crippen molar-refractivity contribution in [1.29, 1.82) is 0 Å². The van der Waals surface area contributed by atoms with Gasteiger partial charge in [0.15, 0.2) is 0 Å². The van der Waals surface area contributed by atoms with Gasteiger partial charge in [0, 0.05) is 30.9 Å². The number of methoxy groups -OCH3 is 1. The number of thiazole rings is 1. The molecule has 1 aliphatic rings. The number of aryl methyl sites for hydroxylation is 1. The second-order valence-electron chi connectivity index (χ2n) is 7.42. The predicted octanol–water partition coefficient (Wildman–Crippen LogP) is 3.89. The van der Waals surface area contributed by atoms with Gasteiger partial charge in [0.2, 0.25) is 0 Å². The van der Waals surface area contributed by atoms with Gasteiger partial charge in [-0.05, 0) is 43.2 Å². The fourth-order valence-electron chi connectivity index (χ4n) is 4.02. The van der Waals surface area contributed by atoms with E-state index in [9.17, 15) is 9.59 Å². The highest BCUT2D eigenvalue weighted by molar-refractivity contribution is 7.21. The largest absolute Gasteiger partial charge is 0.383 e. The summed E-state index contributed by atoms with van der Waals surface area (Å²) in [5.74, 6) is -0.0134. The number of fused-ring (bicyclic) bond motifs is 1. The maximum absolute atomic E-state index is 13.1. The van der Waals surface area contributed by atoms with E-state index < -0.39 is 0 Å². The second-order valence-corrected chi connectivity index (χ2v) is 9.33. The molecule has 6 nitrogen and oxygen atoms in total. The summed E-state index contributed by atoms with van der Waals surface area (Å²) in [6.45, 7) is 3.58. The molecule has 1 saturated heterocycles. The van der Waals surface area contributed by atoms with Crippen molar-refractivity contribution in [1.82, 2.24) is 15.2 Å². The highest BCUT2D eigenvalue weighted by Gasteiger charge is 2.33. The van der Waals surface area contributed by atoms with E-state index in [-0.39, 0.29) is 17.9 Å². The number of carbonyl (C=O) groups excluding carboxylic acids is 2. The standard InChI is InChI=1S/C22H25N3O3S2/c1-14-19(29-13-24-14)22(27)25-10-5-6-15(25)12-17-16-7-3-4-8-18(16)30-20(17)21(26)23-9-11-28-2/h3-4,7-8,13,15H,5-6,9-12H2,1-2H3,(H,23,26)/t15-/m0/s1. The minimum absolute atomic E-state index is 0.0585. The maximum atomic E-state index is 13.1. The number of thiophene rings is 1. The number of nitrogens with one attached hydrogen (secondary N) is 1. The van der Waals surface area contributed by atoms with Crippen LogP contribution < -0.4 is 5.32 Å². The van der Waals surface area contributed by atoms with Gasteiger partial charge >= 0.3 is 0 Å². The number of ether oxygens (including phenoxy) is 1. The van der Waals surface area contributed by atoms with Crippen LogP contribution in [0.3, 0.4) is 0 Å². The first kappa shape index (κ1) is 21.0. The van der Waals surface area contributed by atoms with E-state index in [0.29, 0.717) is 19.6 Å². The van der Waals surface area contributed by atoms with Crippen molar-refractivity contribution in [2.75, 3.05) is 26.8 Å². The second kappa shape index (κ2) is 9.24. The lowest BCUT2D eigenvalue weighted by atomic mass is 10.00. The minimum Gasteiger partial charge on any atom is -0.383 e. The Labute approximate surface area is 183 Å². The van der Waals surface area contributed by atoms with Crippen molar-refractivity contribution >= 4 is 44.6 Å². The number of nitrogens with zero attached hydrogens (tertiary/aromatic N) is 2. The summed E-state index contributed by atoms with van der Waals surface area (Å²) in [7, 11) is 1.62. The van der Waals surface area contributed by atoms with Crippen LogP contribution in [0.15, 0.2) is 29.8 Å². The topological polar surface area (TPSA) is 71.5 Å². The van der Waals surface area contributed by atoms with Crippen molar-refractivity contribution in [3.63, 3.8) is 0 Å². The molecule has 1 N–H and O–H groups in total. The number of likely N-dealkylation sites (tertiary alicyclic amines) is 1. The van der Waals surface area contributed by atoms with Crippen molar-refractivity contribution in [2.24, 2.45) is 0 Å². The fourth-order valence-corrected chi connectivity index (χ4v) is 5.93. The van der Waals surface area contributed by atoms with Gasteiger partial charge in [-0.2, -0.15) is 0 Å². The Bertz CT molecular complexity index is 1060. The van der Waals surface area contributed by atoms with Crippen LogP contribution in [0.5, 0.6) is 0 Å². The van der Waals surface area contributed by atoms with Gasteiger partial charge in [-0.15, -0.1) is 22.7 Å². The van der Waals surface area contributed by atoms with Crippen LogP contribution in [0, 0.1) is 6.92 Å². The number of rotatable bonds is 7. The van der Waals surface area contributed by atoms with Crippen molar-refractivity contribution < 1.29 is 14.3 Å². The number of hydrogen-bond acceptors (Lipinski definition) is 6. The molecular weight excluding hydrogens is 418 g/mol. The Kier molecular flexibility index (Phi) is 6.46. The van der Waals surface area contributed by atoms with E-state index in [4.69, 9.17) is 4.74 Å². The van der Waals surface area contributed by atoms with E-state index in [2.05, 4.69) is 16.4 Å². The highest BCUT2D eigenvalue weighted by atomic mass is 32.1. The lowest BCUT2D eigenvalue weighted by Gasteiger charge is -2.25. The Balaban J connectivity index is 1.62. The zero-order valence-electron chi connectivity index (χ0n) is 17.1. The molecule has 0 aliphatic carbocycles. The molecule has 8 heteroatoms. The van der Waals surface area contributed by atoms with E-state index >= 15 is 0 Å². The summed E-state index contributed by atoms with van der Waals surface area (Å²) >= 11 is 2.92. The summed E-state index contributed by atoms with van der Waals surface area (Å²) in [6.07, 6.45) is 2.60. The molecule has 0 bridgehead atoms. The van der Waals surface area contributed by atoms with Crippen molar-refractivity contribution in [3.8, 4) is 0 Å². The Morgan fingerprint density at radius 3 is 2.90 bits per heavy atom. The third kappa shape index (κ3) is 4.12. The minimum atomic E-state index is -0.0718. The molecular formula is C22H25N3O3S2. The smallest absolute Gasteiger partial charge is 0.266 e.